The minimum absolute atomic E-state index is 0.0223. The molecule has 1 atom stereocenters. The number of hydrogen-bond donors (Lipinski definition) is 1. The van der Waals surface area contributed by atoms with Gasteiger partial charge in [0.1, 0.15) is 0 Å². The summed E-state index contributed by atoms with van der Waals surface area (Å²) in [4.78, 5) is 13.6. The van der Waals surface area contributed by atoms with Gasteiger partial charge >= 0.3 is 0 Å². The monoisotopic (exact) mass is 249 g/mol. The lowest BCUT2D eigenvalue weighted by Crippen LogP contribution is -2.38. The number of aliphatic hydroxyl groups excluding tert-OH is 1. The van der Waals surface area contributed by atoms with Gasteiger partial charge in [-0.1, -0.05) is 33.1 Å². The topological polar surface area (TPSA) is 40.5 Å². The Morgan fingerprint density at radius 2 is 2.00 bits per heavy atom. The lowest BCUT2D eigenvalue weighted by atomic mass is 10.1. The van der Waals surface area contributed by atoms with E-state index in [1.807, 2.05) is 6.92 Å². The maximum Gasteiger partial charge on any atom is 0.226 e. The Morgan fingerprint density at radius 1 is 1.31 bits per heavy atom. The van der Waals surface area contributed by atoms with Crippen LogP contribution < -0.4 is 0 Å². The Kier molecular flexibility index (Phi) is 9.74. The summed E-state index contributed by atoms with van der Waals surface area (Å²) in [7, 11) is 0. The van der Waals surface area contributed by atoms with E-state index < -0.39 is 0 Å². The van der Waals surface area contributed by atoms with Crippen molar-refractivity contribution in [2.75, 3.05) is 25.6 Å². The Bertz CT molecular complexity index is 188. The summed E-state index contributed by atoms with van der Waals surface area (Å²) >= 11 is 5.66. The van der Waals surface area contributed by atoms with Crippen LogP contribution in [-0.4, -0.2) is 41.5 Å². The van der Waals surface area contributed by atoms with E-state index in [-0.39, 0.29) is 18.4 Å². The molecule has 0 rings (SSSR count). The van der Waals surface area contributed by atoms with Crippen LogP contribution in [0.1, 0.15) is 39.5 Å². The van der Waals surface area contributed by atoms with E-state index in [0.717, 1.165) is 19.4 Å². The van der Waals surface area contributed by atoms with Crippen LogP contribution in [-0.2, 0) is 4.79 Å². The summed E-state index contributed by atoms with van der Waals surface area (Å²) in [6.45, 7) is 5.17. The number of aliphatic hydroxyl groups is 1. The second-order valence-electron chi connectivity index (χ2n) is 4.16. The van der Waals surface area contributed by atoms with Crippen LogP contribution in [0, 0.1) is 5.92 Å². The fraction of sp³-hybridized carbons (Fsp3) is 0.917. The highest BCUT2D eigenvalue weighted by Gasteiger charge is 2.18. The quantitative estimate of drug-likeness (QED) is 0.503. The van der Waals surface area contributed by atoms with Crippen molar-refractivity contribution in [3.63, 3.8) is 0 Å². The third kappa shape index (κ3) is 6.33. The molecule has 0 saturated heterocycles. The Labute approximate surface area is 104 Å². The largest absolute Gasteiger partial charge is 0.395 e. The molecule has 0 aliphatic rings. The first kappa shape index (κ1) is 15.7. The molecule has 1 N–H and O–H groups in total. The molecular formula is C12H24ClNO2. The van der Waals surface area contributed by atoms with Crippen molar-refractivity contribution in [3.8, 4) is 0 Å². The van der Waals surface area contributed by atoms with Crippen molar-refractivity contribution < 1.29 is 9.90 Å². The van der Waals surface area contributed by atoms with Crippen molar-refractivity contribution in [1.29, 1.82) is 0 Å². The van der Waals surface area contributed by atoms with Crippen LogP contribution in [0.25, 0.3) is 0 Å². The molecule has 0 heterocycles. The summed E-state index contributed by atoms with van der Waals surface area (Å²) in [5.74, 6) is 0.246. The molecule has 0 aromatic heterocycles. The van der Waals surface area contributed by atoms with E-state index in [4.69, 9.17) is 16.7 Å². The van der Waals surface area contributed by atoms with Gasteiger partial charge in [-0.3, -0.25) is 4.79 Å². The molecule has 0 aromatic rings. The van der Waals surface area contributed by atoms with Gasteiger partial charge in [0.25, 0.3) is 0 Å². The Hall–Kier alpha value is -0.280. The molecular weight excluding hydrogens is 226 g/mol. The fourth-order valence-electron chi connectivity index (χ4n) is 1.56. The van der Waals surface area contributed by atoms with E-state index in [1.54, 1.807) is 4.90 Å². The normalized spacial score (nSPS) is 12.5. The SMILES string of the molecule is CCCCCCN(CCO)C(=O)C(C)CCl. The highest BCUT2D eigenvalue weighted by molar-refractivity contribution is 6.19. The number of alkyl halides is 1. The van der Waals surface area contributed by atoms with E-state index >= 15 is 0 Å². The lowest BCUT2D eigenvalue weighted by molar-refractivity contribution is -0.134. The van der Waals surface area contributed by atoms with Crippen LogP contribution in [0.3, 0.4) is 0 Å². The maximum absolute atomic E-state index is 11.9. The molecule has 1 unspecified atom stereocenters. The van der Waals surface area contributed by atoms with Crippen LogP contribution >= 0.6 is 11.6 Å². The van der Waals surface area contributed by atoms with E-state index in [2.05, 4.69) is 6.92 Å². The van der Waals surface area contributed by atoms with E-state index in [1.165, 1.54) is 12.8 Å². The zero-order valence-corrected chi connectivity index (χ0v) is 11.2. The van der Waals surface area contributed by atoms with Crippen LogP contribution in [0.2, 0.25) is 0 Å². The highest BCUT2D eigenvalue weighted by Crippen LogP contribution is 2.07. The molecule has 0 spiro atoms. The number of unbranched alkanes of at least 4 members (excludes halogenated alkanes) is 3. The number of rotatable bonds is 9. The molecule has 3 nitrogen and oxygen atoms in total. The van der Waals surface area contributed by atoms with Crippen molar-refractivity contribution >= 4 is 17.5 Å². The van der Waals surface area contributed by atoms with Crippen molar-refractivity contribution in [3.05, 3.63) is 0 Å². The van der Waals surface area contributed by atoms with E-state index in [0.29, 0.717) is 12.4 Å². The zero-order valence-electron chi connectivity index (χ0n) is 10.4. The number of carbonyl (C=O) groups is 1. The molecule has 16 heavy (non-hydrogen) atoms. The van der Waals surface area contributed by atoms with Crippen molar-refractivity contribution in [2.24, 2.45) is 5.92 Å². The molecule has 4 heteroatoms. The Morgan fingerprint density at radius 3 is 2.50 bits per heavy atom. The van der Waals surface area contributed by atoms with Crippen LogP contribution in [0.15, 0.2) is 0 Å². The van der Waals surface area contributed by atoms with Gasteiger partial charge < -0.3 is 10.0 Å². The lowest BCUT2D eigenvalue weighted by Gasteiger charge is -2.24. The third-order valence-corrected chi connectivity index (χ3v) is 3.08. The first-order valence-corrected chi connectivity index (χ1v) is 6.66. The van der Waals surface area contributed by atoms with Gasteiger partial charge in [-0.2, -0.15) is 0 Å². The van der Waals surface area contributed by atoms with Gasteiger partial charge in [-0.05, 0) is 6.42 Å². The van der Waals surface area contributed by atoms with Gasteiger partial charge in [0.05, 0.1) is 6.61 Å². The van der Waals surface area contributed by atoms with Crippen molar-refractivity contribution in [1.82, 2.24) is 4.90 Å². The van der Waals surface area contributed by atoms with E-state index in [9.17, 15) is 4.79 Å². The van der Waals surface area contributed by atoms with Gasteiger partial charge in [0.15, 0.2) is 0 Å². The average Bonchev–Trinajstić information content (AvgIpc) is 2.31. The molecule has 0 radical (unpaired) electrons. The minimum Gasteiger partial charge on any atom is -0.395 e. The smallest absolute Gasteiger partial charge is 0.226 e. The van der Waals surface area contributed by atoms with Gasteiger partial charge in [-0.15, -0.1) is 11.6 Å². The molecule has 96 valence electrons. The van der Waals surface area contributed by atoms with Crippen molar-refractivity contribution in [2.45, 2.75) is 39.5 Å². The van der Waals surface area contributed by atoms with Crippen LogP contribution in [0.4, 0.5) is 0 Å². The fourth-order valence-corrected chi connectivity index (χ4v) is 1.69. The average molecular weight is 250 g/mol. The van der Waals surface area contributed by atoms with Gasteiger partial charge in [0.2, 0.25) is 5.91 Å². The van der Waals surface area contributed by atoms with Gasteiger partial charge in [0, 0.05) is 24.9 Å². The van der Waals surface area contributed by atoms with Crippen LogP contribution in [0.5, 0.6) is 0 Å². The first-order chi connectivity index (χ1) is 7.67. The Balaban J connectivity index is 4.00. The first-order valence-electron chi connectivity index (χ1n) is 6.13. The second-order valence-corrected chi connectivity index (χ2v) is 4.47. The summed E-state index contributed by atoms with van der Waals surface area (Å²) < 4.78 is 0. The number of nitrogens with zero attached hydrogens (tertiary/aromatic N) is 1. The molecule has 0 aliphatic carbocycles. The predicted octanol–water partition coefficient (Wildman–Crippen LogP) is 2.26. The summed E-state index contributed by atoms with van der Waals surface area (Å²) in [6, 6.07) is 0. The summed E-state index contributed by atoms with van der Waals surface area (Å²) in [6.07, 6.45) is 4.54. The number of halogens is 1. The number of carbonyl (C=O) groups excluding carboxylic acids is 1. The third-order valence-electron chi connectivity index (χ3n) is 2.62. The molecule has 0 fully saturated rings. The molecule has 0 bridgehead atoms. The second kappa shape index (κ2) is 9.91. The molecule has 0 aliphatic heterocycles. The minimum atomic E-state index is -0.153. The predicted molar refractivity (Wildman–Crippen MR) is 67.7 cm³/mol. The molecule has 0 saturated carbocycles. The summed E-state index contributed by atoms with van der Waals surface area (Å²) in [5.41, 5.74) is 0. The number of hydrogen-bond acceptors (Lipinski definition) is 2. The zero-order chi connectivity index (χ0) is 12.4. The standard InChI is InChI=1S/C12H24ClNO2/c1-3-4-5-6-7-14(8-9-15)12(16)11(2)10-13/h11,15H,3-10H2,1-2H3. The van der Waals surface area contributed by atoms with Gasteiger partial charge in [-0.25, -0.2) is 0 Å². The maximum atomic E-state index is 11.9. The summed E-state index contributed by atoms with van der Waals surface area (Å²) in [5, 5.41) is 8.92. The molecule has 0 aromatic carbocycles. The number of amides is 1. The molecule has 1 amide bonds. The highest BCUT2D eigenvalue weighted by atomic mass is 35.5.